The minimum atomic E-state index is -4.18. The molecule has 1 fully saturated rings. The fourth-order valence-corrected chi connectivity index (χ4v) is 4.73. The number of carbonyl (C=O) groups is 1. The lowest BCUT2D eigenvalue weighted by molar-refractivity contribution is -0.183. The molecule has 0 radical (unpaired) electrons. The minimum absolute atomic E-state index is 0.0315. The van der Waals surface area contributed by atoms with Gasteiger partial charge in [0.1, 0.15) is 0 Å². The third-order valence-corrected chi connectivity index (χ3v) is 6.51. The summed E-state index contributed by atoms with van der Waals surface area (Å²) in [5, 5.41) is 5.83. The van der Waals surface area contributed by atoms with E-state index < -0.39 is 18.1 Å². The number of nitrogens with one attached hydrogen (secondary N) is 1. The Morgan fingerprint density at radius 1 is 1.30 bits per heavy atom. The van der Waals surface area contributed by atoms with Crippen molar-refractivity contribution in [3.8, 4) is 0 Å². The van der Waals surface area contributed by atoms with Crippen molar-refractivity contribution < 1.29 is 18.0 Å². The number of nitrogens with zero attached hydrogens (tertiary/aromatic N) is 1. The fourth-order valence-electron chi connectivity index (χ4n) is 3.22. The predicted molar refractivity (Wildman–Crippen MR) is 102 cm³/mol. The predicted octanol–water partition coefficient (Wildman–Crippen LogP) is 5.59. The Kier molecular flexibility index (Phi) is 6.47. The standard InChI is InChI=1S/C19H21F3N2OS2/c1-12-23-16(10-26-12)11-27-17-7-5-13(6-8-17)18(25)24-15-4-2-3-14(9-15)19(20,21)22/h5-8,10,14-15H,2-4,9,11H2,1H3,(H,24,25)/t14-,15-/m0/s1. The Labute approximate surface area is 164 Å². The molecule has 1 saturated carbocycles. The monoisotopic (exact) mass is 414 g/mol. The van der Waals surface area contributed by atoms with Gasteiger partial charge >= 0.3 is 6.18 Å². The quantitative estimate of drug-likeness (QED) is 0.648. The van der Waals surface area contributed by atoms with Crippen LogP contribution in [0.3, 0.4) is 0 Å². The van der Waals surface area contributed by atoms with E-state index in [1.807, 2.05) is 24.4 Å². The van der Waals surface area contributed by atoms with Crippen LogP contribution in [0.5, 0.6) is 0 Å². The largest absolute Gasteiger partial charge is 0.391 e. The van der Waals surface area contributed by atoms with Crippen LogP contribution in [0.1, 0.15) is 46.7 Å². The van der Waals surface area contributed by atoms with E-state index >= 15 is 0 Å². The van der Waals surface area contributed by atoms with Crippen LogP contribution in [0.15, 0.2) is 34.5 Å². The van der Waals surface area contributed by atoms with Crippen molar-refractivity contribution in [1.29, 1.82) is 0 Å². The second-order valence-electron chi connectivity index (χ2n) is 6.75. The molecule has 0 aliphatic heterocycles. The second-order valence-corrected chi connectivity index (χ2v) is 8.86. The van der Waals surface area contributed by atoms with Gasteiger partial charge in [0.15, 0.2) is 0 Å². The first kappa shape index (κ1) is 20.2. The number of alkyl halides is 3. The number of thiazole rings is 1. The van der Waals surface area contributed by atoms with Crippen LogP contribution in [0.2, 0.25) is 0 Å². The molecule has 3 nitrogen and oxygen atoms in total. The van der Waals surface area contributed by atoms with Gasteiger partial charge < -0.3 is 5.32 Å². The van der Waals surface area contributed by atoms with Crippen molar-refractivity contribution in [1.82, 2.24) is 10.3 Å². The molecule has 2 aromatic rings. The zero-order chi connectivity index (χ0) is 19.4. The van der Waals surface area contributed by atoms with E-state index in [-0.39, 0.29) is 18.7 Å². The van der Waals surface area contributed by atoms with Gasteiger partial charge in [0, 0.05) is 27.6 Å². The zero-order valence-electron chi connectivity index (χ0n) is 14.9. The summed E-state index contributed by atoms with van der Waals surface area (Å²) in [6.07, 6.45) is -2.98. The average Bonchev–Trinajstić information content (AvgIpc) is 3.05. The van der Waals surface area contributed by atoms with Crippen LogP contribution >= 0.6 is 23.1 Å². The highest BCUT2D eigenvalue weighted by atomic mass is 32.2. The van der Waals surface area contributed by atoms with Gasteiger partial charge in [0.05, 0.1) is 16.6 Å². The number of thioether (sulfide) groups is 1. The zero-order valence-corrected chi connectivity index (χ0v) is 16.5. The van der Waals surface area contributed by atoms with Crippen LogP contribution in [-0.2, 0) is 5.75 Å². The van der Waals surface area contributed by atoms with Crippen molar-refractivity contribution in [3.05, 3.63) is 45.9 Å². The van der Waals surface area contributed by atoms with Crippen molar-refractivity contribution in [2.75, 3.05) is 0 Å². The molecule has 8 heteroatoms. The number of aryl methyl sites for hydroxylation is 1. The first-order valence-electron chi connectivity index (χ1n) is 8.82. The van der Waals surface area contributed by atoms with Crippen LogP contribution in [-0.4, -0.2) is 23.1 Å². The first-order chi connectivity index (χ1) is 12.8. The number of amides is 1. The molecule has 1 aliphatic rings. The molecular formula is C19H21F3N2OS2. The summed E-state index contributed by atoms with van der Waals surface area (Å²) in [7, 11) is 0. The van der Waals surface area contributed by atoms with E-state index in [2.05, 4.69) is 10.3 Å². The van der Waals surface area contributed by atoms with E-state index in [0.29, 0.717) is 18.4 Å². The summed E-state index contributed by atoms with van der Waals surface area (Å²) in [5.41, 5.74) is 1.50. The first-order valence-corrected chi connectivity index (χ1v) is 10.7. The molecule has 1 heterocycles. The molecular weight excluding hydrogens is 393 g/mol. The maximum Gasteiger partial charge on any atom is 0.391 e. The van der Waals surface area contributed by atoms with Crippen molar-refractivity contribution in [2.24, 2.45) is 5.92 Å². The highest BCUT2D eigenvalue weighted by Gasteiger charge is 2.42. The van der Waals surface area contributed by atoms with Gasteiger partial charge in [-0.2, -0.15) is 13.2 Å². The van der Waals surface area contributed by atoms with Crippen LogP contribution in [0, 0.1) is 12.8 Å². The van der Waals surface area contributed by atoms with Crippen LogP contribution in [0.4, 0.5) is 13.2 Å². The number of hydrogen-bond donors (Lipinski definition) is 1. The normalized spacial score (nSPS) is 20.4. The van der Waals surface area contributed by atoms with Gasteiger partial charge in [0.25, 0.3) is 5.91 Å². The molecule has 146 valence electrons. The molecule has 0 spiro atoms. The summed E-state index contributed by atoms with van der Waals surface area (Å²) in [5.74, 6) is -0.865. The molecule has 1 aromatic heterocycles. The summed E-state index contributed by atoms with van der Waals surface area (Å²) in [6, 6.07) is 6.73. The fraction of sp³-hybridized carbons (Fsp3) is 0.474. The Bertz CT molecular complexity index is 774. The van der Waals surface area contributed by atoms with Crippen LogP contribution < -0.4 is 5.32 Å². The second kappa shape index (κ2) is 8.65. The molecule has 0 saturated heterocycles. The van der Waals surface area contributed by atoms with Crippen molar-refractivity contribution >= 4 is 29.0 Å². The highest BCUT2D eigenvalue weighted by Crippen LogP contribution is 2.37. The summed E-state index contributed by atoms with van der Waals surface area (Å²) < 4.78 is 38.7. The number of rotatable bonds is 5. The van der Waals surface area contributed by atoms with E-state index in [4.69, 9.17) is 0 Å². The SMILES string of the molecule is Cc1nc(CSc2ccc(C(=O)N[C@H]3CCC[C@H](C(F)(F)F)C3)cc2)cs1. The van der Waals surface area contributed by atoms with E-state index in [1.165, 1.54) is 0 Å². The van der Waals surface area contributed by atoms with Crippen molar-refractivity contribution in [3.63, 3.8) is 0 Å². The van der Waals surface area contributed by atoms with Gasteiger partial charge in [-0.3, -0.25) is 4.79 Å². The Morgan fingerprint density at radius 3 is 2.67 bits per heavy atom. The lowest BCUT2D eigenvalue weighted by atomic mass is 9.85. The lowest BCUT2D eigenvalue weighted by Crippen LogP contribution is -2.41. The highest BCUT2D eigenvalue weighted by molar-refractivity contribution is 7.98. The molecule has 1 amide bonds. The lowest BCUT2D eigenvalue weighted by Gasteiger charge is -2.31. The van der Waals surface area contributed by atoms with Gasteiger partial charge in [-0.1, -0.05) is 6.42 Å². The topological polar surface area (TPSA) is 42.0 Å². The van der Waals surface area contributed by atoms with Crippen molar-refractivity contribution in [2.45, 2.75) is 55.5 Å². The molecule has 1 aliphatic carbocycles. The van der Waals surface area contributed by atoms with E-state index in [0.717, 1.165) is 21.3 Å². The number of carbonyl (C=O) groups excluding carboxylic acids is 1. The third-order valence-electron chi connectivity index (χ3n) is 4.64. The molecule has 1 aromatic carbocycles. The molecule has 3 rings (SSSR count). The van der Waals surface area contributed by atoms with E-state index in [1.54, 1.807) is 35.2 Å². The molecule has 1 N–H and O–H groups in total. The Balaban J connectivity index is 1.52. The minimum Gasteiger partial charge on any atom is -0.349 e. The summed E-state index contributed by atoms with van der Waals surface area (Å²) >= 11 is 3.25. The molecule has 2 atom stereocenters. The maximum atomic E-state index is 12.9. The summed E-state index contributed by atoms with van der Waals surface area (Å²) in [4.78, 5) is 17.8. The number of benzene rings is 1. The molecule has 27 heavy (non-hydrogen) atoms. The molecule has 0 unspecified atom stereocenters. The molecule has 0 bridgehead atoms. The maximum absolute atomic E-state index is 12.9. The van der Waals surface area contributed by atoms with Gasteiger partial charge in [-0.15, -0.1) is 23.1 Å². The van der Waals surface area contributed by atoms with E-state index in [9.17, 15) is 18.0 Å². The Morgan fingerprint density at radius 2 is 2.04 bits per heavy atom. The van der Waals surface area contributed by atoms with Crippen LogP contribution in [0.25, 0.3) is 0 Å². The number of halogens is 3. The number of aromatic nitrogens is 1. The van der Waals surface area contributed by atoms with Gasteiger partial charge in [-0.25, -0.2) is 4.98 Å². The number of hydrogen-bond acceptors (Lipinski definition) is 4. The average molecular weight is 415 g/mol. The summed E-state index contributed by atoms with van der Waals surface area (Å²) in [6.45, 7) is 1.97. The Hall–Kier alpha value is -1.54. The van der Waals surface area contributed by atoms with Gasteiger partial charge in [0.2, 0.25) is 0 Å². The third kappa shape index (κ3) is 5.72. The smallest absolute Gasteiger partial charge is 0.349 e. The van der Waals surface area contributed by atoms with Gasteiger partial charge in [-0.05, 0) is 50.5 Å².